The summed E-state index contributed by atoms with van der Waals surface area (Å²) in [6.45, 7) is 15.9. The normalized spacial score (nSPS) is 17.1. The van der Waals surface area contributed by atoms with Crippen molar-refractivity contribution < 1.29 is 0 Å². The van der Waals surface area contributed by atoms with Crippen LogP contribution in [0.2, 0.25) is 13.1 Å². The first-order valence-electron chi connectivity index (χ1n) is 7.50. The average Bonchev–Trinajstić information content (AvgIpc) is 2.86. The summed E-state index contributed by atoms with van der Waals surface area (Å²) in [5, 5.41) is 0. The van der Waals surface area contributed by atoms with Crippen LogP contribution in [0.5, 0.6) is 0 Å². The Morgan fingerprint density at radius 3 is 2.40 bits per heavy atom. The lowest BCUT2D eigenvalue weighted by Gasteiger charge is -2.18. The molecule has 0 saturated heterocycles. The molecule has 0 atom stereocenters. The maximum Gasteiger partial charge on any atom is 0.256 e. The molecule has 0 spiro atoms. The van der Waals surface area contributed by atoms with Crippen molar-refractivity contribution >= 4 is 18.1 Å². The number of rotatable bonds is 3. The van der Waals surface area contributed by atoms with Crippen molar-refractivity contribution in [1.29, 1.82) is 0 Å². The molecule has 0 aromatic carbocycles. The van der Waals surface area contributed by atoms with Gasteiger partial charge >= 0.3 is 0 Å². The predicted molar refractivity (Wildman–Crippen MR) is 90.9 cm³/mol. The van der Waals surface area contributed by atoms with Gasteiger partial charge in [0.1, 0.15) is 0 Å². The Kier molecular flexibility index (Phi) is 4.07. The molecule has 1 aliphatic rings. The van der Waals surface area contributed by atoms with Crippen LogP contribution >= 0.6 is 0 Å². The molecule has 0 aliphatic carbocycles. The summed E-state index contributed by atoms with van der Waals surface area (Å²) in [5.41, 5.74) is 8.85. The first-order valence-corrected chi connectivity index (χ1v) is 7.50. The third-order valence-electron chi connectivity index (χ3n) is 4.25. The zero-order valence-electron chi connectivity index (χ0n) is 13.8. The van der Waals surface area contributed by atoms with Gasteiger partial charge in [0.15, 0.2) is 0 Å². The maximum absolute atomic E-state index is 4.71. The molecule has 0 amide bonds. The summed E-state index contributed by atoms with van der Waals surface area (Å²) < 4.78 is 2.47. The van der Waals surface area contributed by atoms with E-state index < -0.39 is 0 Å². The van der Waals surface area contributed by atoms with Gasteiger partial charge in [0.25, 0.3) is 6.85 Å². The summed E-state index contributed by atoms with van der Waals surface area (Å²) in [5.74, 6) is 0. The van der Waals surface area contributed by atoms with Crippen LogP contribution in [-0.4, -0.2) is 17.0 Å². The van der Waals surface area contributed by atoms with E-state index in [0.717, 1.165) is 17.7 Å². The Balaban J connectivity index is 2.65. The second kappa shape index (κ2) is 5.47. The van der Waals surface area contributed by atoms with E-state index in [1.165, 1.54) is 28.1 Å². The lowest BCUT2D eigenvalue weighted by Crippen LogP contribution is -2.22. The van der Waals surface area contributed by atoms with E-state index in [0.29, 0.717) is 6.85 Å². The van der Waals surface area contributed by atoms with Crippen LogP contribution < -0.4 is 0 Å². The highest BCUT2D eigenvalue weighted by atomic mass is 14.9. The lowest BCUT2D eigenvalue weighted by molar-refractivity contribution is 1.05. The summed E-state index contributed by atoms with van der Waals surface area (Å²) in [6.07, 6.45) is 3.30. The van der Waals surface area contributed by atoms with Gasteiger partial charge in [0.05, 0.1) is 5.70 Å². The Morgan fingerprint density at radius 1 is 1.25 bits per heavy atom. The van der Waals surface area contributed by atoms with Crippen molar-refractivity contribution in [3.8, 4) is 0 Å². The van der Waals surface area contributed by atoms with Gasteiger partial charge in [0.2, 0.25) is 0 Å². The van der Waals surface area contributed by atoms with E-state index in [4.69, 9.17) is 4.99 Å². The third kappa shape index (κ3) is 2.42. The Labute approximate surface area is 123 Å². The lowest BCUT2D eigenvalue weighted by atomic mass is 9.61. The van der Waals surface area contributed by atoms with E-state index in [1.54, 1.807) is 0 Å². The minimum atomic E-state index is 0.519. The van der Waals surface area contributed by atoms with Crippen LogP contribution in [0.3, 0.4) is 0 Å². The van der Waals surface area contributed by atoms with E-state index in [1.807, 2.05) is 0 Å². The average molecular weight is 268 g/mol. The molecule has 1 aromatic heterocycles. The van der Waals surface area contributed by atoms with Crippen LogP contribution in [0, 0.1) is 13.8 Å². The van der Waals surface area contributed by atoms with Gasteiger partial charge < -0.3 is 4.48 Å². The Hall–Kier alpha value is -1.51. The number of hydrogen-bond acceptors (Lipinski definition) is 1. The van der Waals surface area contributed by atoms with Crippen LogP contribution in [0.1, 0.15) is 44.6 Å². The molecule has 2 heterocycles. The number of hydrogen-bond donors (Lipinski definition) is 0. The zero-order chi connectivity index (χ0) is 15.0. The van der Waals surface area contributed by atoms with Crippen molar-refractivity contribution in [1.82, 2.24) is 4.48 Å². The molecule has 3 heteroatoms. The number of aliphatic imine (C=N–C) groups is 1. The van der Waals surface area contributed by atoms with Crippen molar-refractivity contribution in [2.45, 2.75) is 54.7 Å². The van der Waals surface area contributed by atoms with Gasteiger partial charge in [-0.15, -0.1) is 0 Å². The standard InChI is InChI=1S/C17H25BN2/c1-8-18(7)20-14(5)10-12(3)17(20)15(6)16-11(2)9-13(4)19-16/h9-10H,8H2,1-7H3/b16-15-. The van der Waals surface area contributed by atoms with Gasteiger partial charge in [-0.25, -0.2) is 0 Å². The first kappa shape index (κ1) is 14.9. The highest BCUT2D eigenvalue weighted by Gasteiger charge is 2.21. The van der Waals surface area contributed by atoms with E-state index in [2.05, 4.69) is 65.0 Å². The Morgan fingerprint density at radius 2 is 1.90 bits per heavy atom. The molecule has 0 bridgehead atoms. The molecule has 1 aromatic rings. The molecule has 1 aliphatic heterocycles. The molecule has 0 unspecified atom stereocenters. The molecular weight excluding hydrogens is 243 g/mol. The molecule has 0 radical (unpaired) electrons. The largest absolute Gasteiger partial charge is 0.390 e. The molecule has 20 heavy (non-hydrogen) atoms. The van der Waals surface area contributed by atoms with Crippen molar-refractivity contribution in [3.63, 3.8) is 0 Å². The fourth-order valence-electron chi connectivity index (χ4n) is 3.21. The third-order valence-corrected chi connectivity index (χ3v) is 4.25. The minimum Gasteiger partial charge on any atom is -0.390 e. The van der Waals surface area contributed by atoms with Gasteiger partial charge in [-0.3, -0.25) is 4.99 Å². The first-order chi connectivity index (χ1) is 9.36. The summed E-state index contributed by atoms with van der Waals surface area (Å²) >= 11 is 0. The zero-order valence-corrected chi connectivity index (χ0v) is 13.8. The monoisotopic (exact) mass is 268 g/mol. The van der Waals surface area contributed by atoms with Gasteiger partial charge in [-0.2, -0.15) is 0 Å². The molecule has 106 valence electrons. The van der Waals surface area contributed by atoms with Gasteiger partial charge in [0, 0.05) is 17.1 Å². The molecular formula is C17H25BN2. The number of allylic oxidation sites excluding steroid dienone is 3. The van der Waals surface area contributed by atoms with E-state index in [-0.39, 0.29) is 0 Å². The molecule has 0 saturated carbocycles. The summed E-state index contributed by atoms with van der Waals surface area (Å²) in [7, 11) is 0. The fourth-order valence-corrected chi connectivity index (χ4v) is 3.21. The van der Waals surface area contributed by atoms with Crippen LogP contribution in [0.25, 0.3) is 5.57 Å². The van der Waals surface area contributed by atoms with Gasteiger partial charge in [-0.05, 0) is 63.5 Å². The molecule has 2 rings (SSSR count). The van der Waals surface area contributed by atoms with E-state index >= 15 is 0 Å². The second-order valence-corrected chi connectivity index (χ2v) is 6.00. The van der Waals surface area contributed by atoms with E-state index in [9.17, 15) is 0 Å². The number of aromatic nitrogens is 1. The molecule has 0 N–H and O–H groups in total. The van der Waals surface area contributed by atoms with Crippen molar-refractivity contribution in [2.75, 3.05) is 0 Å². The quantitative estimate of drug-likeness (QED) is 0.704. The van der Waals surface area contributed by atoms with Gasteiger partial charge in [-0.1, -0.05) is 20.1 Å². The fraction of sp³-hybridized carbons (Fsp3) is 0.471. The van der Waals surface area contributed by atoms with Crippen LogP contribution in [0.15, 0.2) is 28.4 Å². The highest BCUT2D eigenvalue weighted by molar-refractivity contribution is 6.56. The topological polar surface area (TPSA) is 17.3 Å². The van der Waals surface area contributed by atoms with Crippen molar-refractivity contribution in [2.24, 2.45) is 4.99 Å². The SMILES string of the molecule is CCB(C)n1c(C)cc(C)c1/C(C)=C1\N=C(C)C=C1C. The molecule has 2 nitrogen and oxygen atoms in total. The molecule has 0 fully saturated rings. The highest BCUT2D eigenvalue weighted by Crippen LogP contribution is 2.32. The Bertz CT molecular complexity index is 630. The van der Waals surface area contributed by atoms with Crippen LogP contribution in [-0.2, 0) is 0 Å². The maximum atomic E-state index is 4.71. The smallest absolute Gasteiger partial charge is 0.256 e. The number of aryl methyl sites for hydroxylation is 2. The summed E-state index contributed by atoms with van der Waals surface area (Å²) in [6, 6.07) is 2.29. The predicted octanol–water partition coefficient (Wildman–Crippen LogP) is 4.75. The van der Waals surface area contributed by atoms with Crippen molar-refractivity contribution in [3.05, 3.63) is 40.4 Å². The summed E-state index contributed by atoms with van der Waals surface area (Å²) in [4.78, 5) is 4.71. The number of nitrogens with zero attached hydrogens (tertiary/aromatic N) is 2. The van der Waals surface area contributed by atoms with Crippen LogP contribution in [0.4, 0.5) is 0 Å². The second-order valence-electron chi connectivity index (χ2n) is 6.00. The minimum absolute atomic E-state index is 0.519.